The monoisotopic (exact) mass is 242 g/mol. The molecule has 0 rings (SSSR count). The third kappa shape index (κ3) is 8.93. The first-order valence-corrected chi connectivity index (χ1v) is 0. The molecule has 0 fully saturated rings. The average Bonchev–Trinajstić information content (AvgIpc) is 0. The number of hydrogen-bond acceptors (Lipinski definition) is 0. The molecule has 0 spiro atoms. The molecule has 0 aromatic carbocycles. The van der Waals surface area contributed by atoms with Crippen molar-refractivity contribution in [1.82, 2.24) is 0 Å². The van der Waals surface area contributed by atoms with E-state index in [2.05, 4.69) is 0 Å². The molecule has 0 N–H and O–H groups in total. The van der Waals surface area contributed by atoms with Gasteiger partial charge in [-0.1, -0.05) is 0 Å². The van der Waals surface area contributed by atoms with Crippen LogP contribution in [0, 0.1) is 0 Å². The Morgan fingerprint density at radius 3 is 1.25 bits per heavy atom. The van der Waals surface area contributed by atoms with Gasteiger partial charge in [0.15, 0.2) is 17.4 Å². The minimum absolute atomic E-state index is 0. The molecule has 0 aliphatic carbocycles. The first-order valence-electron chi connectivity index (χ1n) is 0. The van der Waals surface area contributed by atoms with Crippen LogP contribution in [0.25, 0.3) is 0 Å². The van der Waals surface area contributed by atoms with E-state index in [1.165, 1.54) is 0 Å². The van der Waals surface area contributed by atoms with E-state index in [1.54, 1.807) is 0 Å². The fraction of sp³-hybridized carbons (Fsp3) is 0. The van der Waals surface area contributed by atoms with E-state index in [9.17, 15) is 0 Å². The predicted octanol–water partition coefficient (Wildman–Crippen LogP) is -2.79. The molecule has 0 aliphatic heterocycles. The Morgan fingerprint density at radius 1 is 1.25 bits per heavy atom. The minimum Gasteiger partial charge on any atom is -1.00 e. The maximum atomic E-state index is 0. The van der Waals surface area contributed by atoms with Gasteiger partial charge in [-0.25, -0.2) is 0 Å². The van der Waals surface area contributed by atoms with Crippen LogP contribution >= 0.6 is 0 Å². The first kappa shape index (κ1) is 27.4. The molecule has 4 heteroatoms. The molecule has 0 unspecified atom stereocenters. The molecule has 22 valence electrons. The SMILES string of the molecule is [AlH3].[H-].[H-].[SiH4].[Sr+2].[Zr]. The summed E-state index contributed by atoms with van der Waals surface area (Å²) in [6.45, 7) is 0. The van der Waals surface area contributed by atoms with E-state index < -0.39 is 0 Å². The summed E-state index contributed by atoms with van der Waals surface area (Å²) in [6.07, 6.45) is 0. The molecule has 0 bridgehead atoms. The van der Waals surface area contributed by atoms with Crippen molar-refractivity contribution in [2.24, 2.45) is 0 Å². The van der Waals surface area contributed by atoms with Gasteiger partial charge in [-0.05, 0) is 11.0 Å². The number of rotatable bonds is 0. The third-order valence-electron chi connectivity index (χ3n) is 0. The molecule has 0 amide bonds. The second kappa shape index (κ2) is 16.5. The summed E-state index contributed by atoms with van der Waals surface area (Å²) in [7, 11) is 0. The van der Waals surface area contributed by atoms with Gasteiger partial charge in [-0.2, -0.15) is 0 Å². The molecule has 0 aromatic rings. The quantitative estimate of drug-likeness (QED) is 0.403. The van der Waals surface area contributed by atoms with Crippen LogP contribution in [-0.2, 0) is 26.2 Å². The van der Waals surface area contributed by atoms with E-state index in [-0.39, 0.29) is 103 Å². The van der Waals surface area contributed by atoms with Gasteiger partial charge in [0.1, 0.15) is 0 Å². The maximum absolute atomic E-state index is 0. The van der Waals surface area contributed by atoms with E-state index in [4.69, 9.17) is 0 Å². The van der Waals surface area contributed by atoms with Crippen molar-refractivity contribution in [2.75, 3.05) is 0 Å². The van der Waals surface area contributed by atoms with Gasteiger partial charge in [-0.15, -0.1) is 0 Å². The van der Waals surface area contributed by atoms with Crippen molar-refractivity contribution in [3.8, 4) is 0 Å². The second-order valence-corrected chi connectivity index (χ2v) is 0. The van der Waals surface area contributed by atoms with Crippen LogP contribution in [-0.4, -0.2) is 73.8 Å². The van der Waals surface area contributed by atoms with E-state index in [0.29, 0.717) is 0 Å². The summed E-state index contributed by atoms with van der Waals surface area (Å²) in [4.78, 5) is 0. The Morgan fingerprint density at radius 2 is 1.25 bits per heavy atom. The number of hydrogen-bond donors (Lipinski definition) is 0. The zero-order valence-corrected chi connectivity index (χ0v) is 7.14. The van der Waals surface area contributed by atoms with Gasteiger partial charge in [0, 0.05) is 26.2 Å². The molecule has 0 saturated heterocycles. The Bertz CT molecular complexity index is 13.5. The summed E-state index contributed by atoms with van der Waals surface area (Å²) >= 11 is 0. The third-order valence-corrected chi connectivity index (χ3v) is 0. The predicted molar refractivity (Wildman–Crippen MR) is 29.3 cm³/mol. The molecule has 0 aromatic heterocycles. The van der Waals surface area contributed by atoms with Gasteiger partial charge in [0.2, 0.25) is 0 Å². The van der Waals surface area contributed by atoms with E-state index >= 15 is 0 Å². The summed E-state index contributed by atoms with van der Waals surface area (Å²) in [5, 5.41) is 0. The Kier molecular flexibility index (Phi) is 113. The van der Waals surface area contributed by atoms with Gasteiger partial charge in [-0.3, -0.25) is 0 Å². The smallest absolute Gasteiger partial charge is 1.00 e. The van der Waals surface area contributed by atoms with Crippen molar-refractivity contribution in [1.29, 1.82) is 0 Å². The van der Waals surface area contributed by atoms with Crippen LogP contribution in [0.3, 0.4) is 0 Å². The van der Waals surface area contributed by atoms with Crippen LogP contribution in [0.2, 0.25) is 0 Å². The first-order chi connectivity index (χ1) is 0. The summed E-state index contributed by atoms with van der Waals surface area (Å²) in [5.41, 5.74) is 0. The van der Waals surface area contributed by atoms with Crippen molar-refractivity contribution >= 4 is 73.8 Å². The summed E-state index contributed by atoms with van der Waals surface area (Å²) in [6, 6.07) is 0. The van der Waals surface area contributed by atoms with Crippen molar-refractivity contribution in [3.63, 3.8) is 0 Å². The largest absolute Gasteiger partial charge is 2.00 e. The topological polar surface area (TPSA) is 0 Å². The van der Waals surface area contributed by atoms with Crippen LogP contribution in [0.15, 0.2) is 0 Å². The molecule has 0 saturated carbocycles. The zero-order chi connectivity index (χ0) is 0. The van der Waals surface area contributed by atoms with Crippen LogP contribution in [0.5, 0.6) is 0 Å². The Balaban J connectivity index is 0. The molecule has 0 radical (unpaired) electrons. The Hall–Kier alpha value is 3.11. The zero-order valence-electron chi connectivity index (χ0n) is 3.21. The average molecular weight is 243 g/mol. The van der Waals surface area contributed by atoms with Crippen molar-refractivity contribution < 1.29 is 29.1 Å². The van der Waals surface area contributed by atoms with Crippen LogP contribution in [0.1, 0.15) is 2.85 Å². The van der Waals surface area contributed by atoms with Crippen LogP contribution < -0.4 is 0 Å². The van der Waals surface area contributed by atoms with Gasteiger partial charge < -0.3 is 2.85 Å². The second-order valence-electron chi connectivity index (χ2n) is 0. The fourth-order valence-electron chi connectivity index (χ4n) is 0. The van der Waals surface area contributed by atoms with Gasteiger partial charge >= 0.3 is 45.5 Å². The Labute approximate surface area is 101 Å². The standard InChI is InChI=1S/Al.H4Si.Sr.Zr.5H/h;1H4;;;;;;;/q;;+2;;;;;2*-1. The maximum Gasteiger partial charge on any atom is 2.00 e. The van der Waals surface area contributed by atoms with Gasteiger partial charge in [0.25, 0.3) is 0 Å². The van der Waals surface area contributed by atoms with Gasteiger partial charge in [0.05, 0.1) is 0 Å². The van der Waals surface area contributed by atoms with Crippen molar-refractivity contribution in [3.05, 3.63) is 0 Å². The minimum atomic E-state index is 0. The molecular weight excluding hydrogens is 234 g/mol. The molecule has 4 heavy (non-hydrogen) atoms. The molecular formula is H9AlSiSrZr. The van der Waals surface area contributed by atoms with E-state index in [0.717, 1.165) is 0 Å². The van der Waals surface area contributed by atoms with E-state index in [1.807, 2.05) is 0 Å². The van der Waals surface area contributed by atoms with Crippen LogP contribution in [0.4, 0.5) is 0 Å². The molecule has 0 atom stereocenters. The summed E-state index contributed by atoms with van der Waals surface area (Å²) < 4.78 is 0. The summed E-state index contributed by atoms with van der Waals surface area (Å²) in [5.74, 6) is 0. The van der Waals surface area contributed by atoms with Crippen molar-refractivity contribution in [2.45, 2.75) is 0 Å². The molecule has 0 heterocycles. The molecule has 0 nitrogen and oxygen atoms in total. The molecule has 0 aliphatic rings. The normalized spacial score (nSPS) is 0. The fourth-order valence-corrected chi connectivity index (χ4v) is 0.